The normalized spacial score (nSPS) is 11.8. The number of aromatic nitrogens is 2. The Morgan fingerprint density at radius 1 is 1.12 bits per heavy atom. The van der Waals surface area contributed by atoms with E-state index in [0.29, 0.717) is 5.92 Å². The molecule has 0 amide bonds. The number of nitrogens with two attached hydrogens (primary N) is 1. The molecule has 3 aromatic rings. The molecule has 26 heavy (non-hydrogen) atoms. The zero-order chi connectivity index (χ0) is 18.7. The quantitative estimate of drug-likeness (QED) is 0.656. The lowest BCUT2D eigenvalue weighted by molar-refractivity contribution is 0.316. The smallest absolute Gasteiger partial charge is 0.137 e. The Kier molecular flexibility index (Phi) is 5.62. The van der Waals surface area contributed by atoms with Crippen LogP contribution in [0.15, 0.2) is 42.6 Å². The largest absolute Gasteiger partial charge is 0.398 e. The van der Waals surface area contributed by atoms with Crippen LogP contribution in [0.4, 0.5) is 5.69 Å². The predicted molar refractivity (Wildman–Crippen MR) is 110 cm³/mol. The molecule has 4 heteroatoms. The van der Waals surface area contributed by atoms with E-state index >= 15 is 0 Å². The van der Waals surface area contributed by atoms with E-state index in [4.69, 9.17) is 10.7 Å². The van der Waals surface area contributed by atoms with Crippen LogP contribution < -0.4 is 5.73 Å². The molecule has 2 heterocycles. The number of fused-ring (bicyclic) bond motifs is 1. The van der Waals surface area contributed by atoms with E-state index in [1.807, 2.05) is 18.3 Å². The van der Waals surface area contributed by atoms with Gasteiger partial charge in [-0.05, 0) is 43.6 Å². The fourth-order valence-corrected chi connectivity index (χ4v) is 3.28. The maximum atomic E-state index is 6.04. The Morgan fingerprint density at radius 3 is 2.50 bits per heavy atom. The summed E-state index contributed by atoms with van der Waals surface area (Å²) < 4.78 is 2.14. The Hall–Kier alpha value is -2.33. The number of benzene rings is 1. The molecule has 0 bridgehead atoms. The summed E-state index contributed by atoms with van der Waals surface area (Å²) in [4.78, 5) is 7.28. The molecule has 3 rings (SSSR count). The molecule has 0 fully saturated rings. The van der Waals surface area contributed by atoms with E-state index < -0.39 is 0 Å². The van der Waals surface area contributed by atoms with Crippen molar-refractivity contribution < 1.29 is 0 Å². The van der Waals surface area contributed by atoms with Gasteiger partial charge in [-0.2, -0.15) is 0 Å². The lowest BCUT2D eigenvalue weighted by Gasteiger charge is -2.17. The monoisotopic (exact) mass is 350 g/mol. The first-order valence-corrected chi connectivity index (χ1v) is 9.55. The minimum Gasteiger partial charge on any atom is -0.398 e. The van der Waals surface area contributed by atoms with E-state index in [2.05, 4.69) is 61.4 Å². The summed E-state index contributed by atoms with van der Waals surface area (Å²) in [5, 5.41) is 0. The molecule has 0 saturated heterocycles. The number of hydrogen-bond donors (Lipinski definition) is 1. The topological polar surface area (TPSA) is 46.6 Å². The highest BCUT2D eigenvalue weighted by Crippen LogP contribution is 2.28. The van der Waals surface area contributed by atoms with Crippen LogP contribution in [-0.4, -0.2) is 27.9 Å². The molecular formula is C22H30N4. The summed E-state index contributed by atoms with van der Waals surface area (Å²) in [6.45, 7) is 8.60. The van der Waals surface area contributed by atoms with E-state index in [1.54, 1.807) is 0 Å². The first kappa shape index (κ1) is 18.5. The summed E-state index contributed by atoms with van der Waals surface area (Å²) in [6, 6.07) is 12.7. The highest BCUT2D eigenvalue weighted by Gasteiger charge is 2.16. The number of nitrogens with zero attached hydrogens (tertiary/aromatic N) is 3. The van der Waals surface area contributed by atoms with Crippen LogP contribution in [0.3, 0.4) is 0 Å². The van der Waals surface area contributed by atoms with Gasteiger partial charge in [0.2, 0.25) is 0 Å². The van der Waals surface area contributed by atoms with Gasteiger partial charge in [-0.3, -0.25) is 0 Å². The number of hydrogen-bond acceptors (Lipinski definition) is 3. The highest BCUT2D eigenvalue weighted by molar-refractivity contribution is 5.67. The molecule has 0 saturated carbocycles. The Bertz CT molecular complexity index is 862. The second-order valence-corrected chi connectivity index (χ2v) is 7.47. The molecule has 1 aromatic carbocycles. The van der Waals surface area contributed by atoms with Crippen LogP contribution in [0.5, 0.6) is 0 Å². The fourth-order valence-electron chi connectivity index (χ4n) is 3.28. The number of rotatable bonds is 7. The van der Waals surface area contributed by atoms with Crippen molar-refractivity contribution in [3.05, 3.63) is 53.9 Å². The highest BCUT2D eigenvalue weighted by atomic mass is 15.1. The summed E-state index contributed by atoms with van der Waals surface area (Å²) in [5.41, 5.74) is 12.5. The third-order valence-electron chi connectivity index (χ3n) is 4.90. The van der Waals surface area contributed by atoms with Gasteiger partial charge in [-0.25, -0.2) is 4.98 Å². The lowest BCUT2D eigenvalue weighted by atomic mass is 10.0. The summed E-state index contributed by atoms with van der Waals surface area (Å²) in [7, 11) is 2.17. The molecule has 0 atom stereocenters. The molecule has 0 aliphatic carbocycles. The predicted octanol–water partition coefficient (Wildman–Crippen LogP) is 4.94. The van der Waals surface area contributed by atoms with Crippen molar-refractivity contribution in [2.75, 3.05) is 19.3 Å². The number of nitrogen functional groups attached to an aromatic ring is 1. The van der Waals surface area contributed by atoms with Gasteiger partial charge in [0.25, 0.3) is 0 Å². The average molecular weight is 351 g/mol. The summed E-state index contributed by atoms with van der Waals surface area (Å²) in [6.07, 6.45) is 4.39. The molecule has 138 valence electrons. The maximum Gasteiger partial charge on any atom is 0.137 e. The third-order valence-corrected chi connectivity index (χ3v) is 4.90. The van der Waals surface area contributed by atoms with Gasteiger partial charge >= 0.3 is 0 Å². The molecular weight excluding hydrogens is 320 g/mol. The van der Waals surface area contributed by atoms with Crippen molar-refractivity contribution in [3.8, 4) is 11.3 Å². The molecule has 0 radical (unpaired) electrons. The number of anilines is 1. The first-order valence-electron chi connectivity index (χ1n) is 9.55. The minimum absolute atomic E-state index is 0.532. The Morgan fingerprint density at radius 2 is 1.85 bits per heavy atom. The molecule has 2 aromatic heterocycles. The zero-order valence-electron chi connectivity index (χ0n) is 16.4. The van der Waals surface area contributed by atoms with Crippen molar-refractivity contribution in [1.29, 1.82) is 0 Å². The summed E-state index contributed by atoms with van der Waals surface area (Å²) in [5.74, 6) is 0.532. The van der Waals surface area contributed by atoms with Gasteiger partial charge in [0.1, 0.15) is 5.65 Å². The van der Waals surface area contributed by atoms with Crippen LogP contribution in [-0.2, 0) is 6.54 Å². The molecule has 0 aliphatic heterocycles. The van der Waals surface area contributed by atoms with E-state index in [1.165, 1.54) is 24.1 Å². The first-order chi connectivity index (χ1) is 12.5. The van der Waals surface area contributed by atoms with Gasteiger partial charge in [-0.1, -0.05) is 51.5 Å². The lowest BCUT2D eigenvalue weighted by Crippen LogP contribution is -2.20. The van der Waals surface area contributed by atoms with Crippen LogP contribution in [0.2, 0.25) is 0 Å². The van der Waals surface area contributed by atoms with Gasteiger partial charge in [-0.15, -0.1) is 0 Å². The molecule has 2 N–H and O–H groups in total. The van der Waals surface area contributed by atoms with Gasteiger partial charge in [0.15, 0.2) is 0 Å². The average Bonchev–Trinajstić information content (AvgIpc) is 2.97. The van der Waals surface area contributed by atoms with E-state index in [0.717, 1.165) is 35.7 Å². The van der Waals surface area contributed by atoms with Crippen LogP contribution in [0.25, 0.3) is 16.9 Å². The van der Waals surface area contributed by atoms with Crippen molar-refractivity contribution in [2.45, 2.75) is 46.1 Å². The Labute approximate surface area is 156 Å². The van der Waals surface area contributed by atoms with Crippen molar-refractivity contribution >= 4 is 11.3 Å². The second kappa shape index (κ2) is 7.92. The zero-order valence-corrected chi connectivity index (χ0v) is 16.4. The third kappa shape index (κ3) is 3.91. The van der Waals surface area contributed by atoms with Crippen molar-refractivity contribution in [3.63, 3.8) is 0 Å². The van der Waals surface area contributed by atoms with E-state index in [9.17, 15) is 0 Å². The SMILES string of the molecule is CCCCN(C)Cc1c(-c2ccc(C(C)C)cc2)nc2ccc(N)cn12. The minimum atomic E-state index is 0.532. The molecule has 4 nitrogen and oxygen atoms in total. The molecule has 0 aliphatic rings. The Balaban J connectivity index is 2.04. The van der Waals surface area contributed by atoms with Gasteiger partial charge in [0.05, 0.1) is 11.4 Å². The van der Waals surface area contributed by atoms with Crippen LogP contribution >= 0.6 is 0 Å². The fraction of sp³-hybridized carbons (Fsp3) is 0.409. The van der Waals surface area contributed by atoms with E-state index in [-0.39, 0.29) is 0 Å². The number of imidazole rings is 1. The van der Waals surface area contributed by atoms with Crippen LogP contribution in [0.1, 0.15) is 50.8 Å². The second-order valence-electron chi connectivity index (χ2n) is 7.47. The molecule has 0 spiro atoms. The van der Waals surface area contributed by atoms with Crippen molar-refractivity contribution in [1.82, 2.24) is 14.3 Å². The summed E-state index contributed by atoms with van der Waals surface area (Å²) >= 11 is 0. The van der Waals surface area contributed by atoms with Gasteiger partial charge < -0.3 is 15.0 Å². The number of unbranched alkanes of at least 4 members (excludes halogenated alkanes) is 1. The number of pyridine rings is 1. The van der Waals surface area contributed by atoms with Crippen molar-refractivity contribution in [2.24, 2.45) is 0 Å². The maximum absolute atomic E-state index is 6.04. The van der Waals surface area contributed by atoms with Gasteiger partial charge in [0, 0.05) is 24.0 Å². The standard InChI is InChI=1S/C22H30N4/c1-5-6-13-25(4)15-20-22(18-9-7-17(8-10-18)16(2)3)24-21-12-11-19(23)14-26(20)21/h7-12,14,16H,5-6,13,15,23H2,1-4H3. The van der Waals surface area contributed by atoms with Crippen LogP contribution in [0, 0.1) is 0 Å². The molecule has 0 unspecified atom stereocenters.